The SMILES string of the molecule is C[C@@]12CCCC(=O)N1CCN2C(=O)C(Cl)Cl. The maximum atomic E-state index is 11.8. The van der Waals surface area contributed by atoms with Crippen molar-refractivity contribution in [3.8, 4) is 0 Å². The number of carbonyl (C=O) groups excluding carboxylic acids is 2. The molecule has 6 heteroatoms. The van der Waals surface area contributed by atoms with Crippen molar-refractivity contribution in [3.63, 3.8) is 0 Å². The van der Waals surface area contributed by atoms with Crippen LogP contribution < -0.4 is 0 Å². The zero-order chi connectivity index (χ0) is 11.9. The highest BCUT2D eigenvalue weighted by Crippen LogP contribution is 2.36. The highest BCUT2D eigenvalue weighted by Gasteiger charge is 2.50. The zero-order valence-corrected chi connectivity index (χ0v) is 10.6. The van der Waals surface area contributed by atoms with E-state index in [0.29, 0.717) is 19.5 Å². The van der Waals surface area contributed by atoms with Crippen molar-refractivity contribution in [1.29, 1.82) is 0 Å². The molecule has 0 unspecified atom stereocenters. The lowest BCUT2D eigenvalue weighted by Crippen LogP contribution is -2.57. The summed E-state index contributed by atoms with van der Waals surface area (Å²) in [6, 6.07) is 0. The van der Waals surface area contributed by atoms with Gasteiger partial charge in [-0.3, -0.25) is 9.59 Å². The molecule has 0 radical (unpaired) electrons. The number of rotatable bonds is 1. The van der Waals surface area contributed by atoms with E-state index in [1.807, 2.05) is 6.92 Å². The Morgan fingerprint density at radius 2 is 2.12 bits per heavy atom. The van der Waals surface area contributed by atoms with Gasteiger partial charge < -0.3 is 9.80 Å². The minimum Gasteiger partial charge on any atom is -0.318 e. The molecule has 0 bridgehead atoms. The first kappa shape index (κ1) is 12.0. The van der Waals surface area contributed by atoms with Crippen LogP contribution in [0.15, 0.2) is 0 Å². The number of amides is 2. The van der Waals surface area contributed by atoms with Gasteiger partial charge in [0.15, 0.2) is 4.84 Å². The first-order chi connectivity index (χ1) is 7.47. The third-order valence-corrected chi connectivity index (χ3v) is 3.88. The number of nitrogens with zero attached hydrogens (tertiary/aromatic N) is 2. The van der Waals surface area contributed by atoms with Crippen molar-refractivity contribution in [2.24, 2.45) is 0 Å². The lowest BCUT2D eigenvalue weighted by Gasteiger charge is -2.44. The van der Waals surface area contributed by atoms with Gasteiger partial charge in [0.2, 0.25) is 5.91 Å². The first-order valence-electron chi connectivity index (χ1n) is 5.37. The quantitative estimate of drug-likeness (QED) is 0.672. The number of hydrogen-bond donors (Lipinski definition) is 0. The molecule has 0 aromatic carbocycles. The smallest absolute Gasteiger partial charge is 0.257 e. The van der Waals surface area contributed by atoms with Crippen LogP contribution in [0.1, 0.15) is 26.2 Å². The van der Waals surface area contributed by atoms with E-state index in [1.165, 1.54) is 0 Å². The summed E-state index contributed by atoms with van der Waals surface area (Å²) >= 11 is 11.2. The lowest BCUT2D eigenvalue weighted by atomic mass is 9.96. The van der Waals surface area contributed by atoms with Crippen molar-refractivity contribution in [2.75, 3.05) is 13.1 Å². The van der Waals surface area contributed by atoms with Crippen LogP contribution in [0.25, 0.3) is 0 Å². The van der Waals surface area contributed by atoms with E-state index >= 15 is 0 Å². The van der Waals surface area contributed by atoms with E-state index in [1.54, 1.807) is 9.80 Å². The summed E-state index contributed by atoms with van der Waals surface area (Å²) in [6.45, 7) is 3.02. The van der Waals surface area contributed by atoms with E-state index in [4.69, 9.17) is 23.2 Å². The molecule has 16 heavy (non-hydrogen) atoms. The summed E-state index contributed by atoms with van der Waals surface area (Å²) in [5.41, 5.74) is -0.519. The molecule has 2 rings (SSSR count). The van der Waals surface area contributed by atoms with Gasteiger partial charge in [0, 0.05) is 19.5 Å². The Morgan fingerprint density at radius 3 is 2.75 bits per heavy atom. The van der Waals surface area contributed by atoms with Crippen LogP contribution in [-0.2, 0) is 9.59 Å². The van der Waals surface area contributed by atoms with Crippen LogP contribution in [0.2, 0.25) is 0 Å². The second kappa shape index (κ2) is 4.08. The number of piperidine rings is 1. The molecule has 2 aliphatic rings. The van der Waals surface area contributed by atoms with Crippen LogP contribution >= 0.6 is 23.2 Å². The summed E-state index contributed by atoms with van der Waals surface area (Å²) in [4.78, 5) is 25.9. The van der Waals surface area contributed by atoms with Gasteiger partial charge in [0.25, 0.3) is 5.91 Å². The average Bonchev–Trinajstić information content (AvgIpc) is 2.55. The van der Waals surface area contributed by atoms with Crippen molar-refractivity contribution < 1.29 is 9.59 Å². The molecule has 0 saturated carbocycles. The molecule has 0 spiro atoms. The molecule has 0 aromatic heterocycles. The second-order valence-electron chi connectivity index (χ2n) is 4.41. The van der Waals surface area contributed by atoms with Gasteiger partial charge in [-0.1, -0.05) is 23.2 Å². The van der Waals surface area contributed by atoms with E-state index in [-0.39, 0.29) is 11.8 Å². The third-order valence-electron chi connectivity index (χ3n) is 3.50. The molecule has 1 atom stereocenters. The molecule has 0 N–H and O–H groups in total. The topological polar surface area (TPSA) is 40.6 Å². The van der Waals surface area contributed by atoms with E-state index in [2.05, 4.69) is 0 Å². The normalized spacial score (nSPS) is 29.9. The largest absolute Gasteiger partial charge is 0.318 e. The van der Waals surface area contributed by atoms with Gasteiger partial charge in [-0.2, -0.15) is 0 Å². The minimum absolute atomic E-state index is 0.116. The second-order valence-corrected chi connectivity index (χ2v) is 5.50. The molecule has 0 aromatic rings. The maximum Gasteiger partial charge on any atom is 0.257 e. The van der Waals surface area contributed by atoms with Crippen molar-refractivity contribution in [1.82, 2.24) is 9.80 Å². The molecule has 90 valence electrons. The molecule has 2 aliphatic heterocycles. The number of halogens is 2. The summed E-state index contributed by atoms with van der Waals surface area (Å²) in [7, 11) is 0. The Hall–Kier alpha value is -0.480. The molecule has 0 aliphatic carbocycles. The lowest BCUT2D eigenvalue weighted by molar-refractivity contribution is -0.149. The fourth-order valence-electron chi connectivity index (χ4n) is 2.67. The molecular formula is C10H14Cl2N2O2. The highest BCUT2D eigenvalue weighted by molar-refractivity contribution is 6.53. The average molecular weight is 265 g/mol. The Balaban J connectivity index is 2.24. The Morgan fingerprint density at radius 1 is 1.44 bits per heavy atom. The minimum atomic E-state index is -1.05. The van der Waals surface area contributed by atoms with Crippen LogP contribution in [0.4, 0.5) is 0 Å². The predicted octanol–water partition coefficient (Wildman–Crippen LogP) is 1.36. The number of hydrogen-bond acceptors (Lipinski definition) is 2. The first-order valence-corrected chi connectivity index (χ1v) is 6.24. The van der Waals surface area contributed by atoms with E-state index in [9.17, 15) is 9.59 Å². The predicted molar refractivity (Wildman–Crippen MR) is 61.2 cm³/mol. The Kier molecular flexibility index (Phi) is 3.05. The van der Waals surface area contributed by atoms with Gasteiger partial charge in [0.05, 0.1) is 0 Å². The molecular weight excluding hydrogens is 251 g/mol. The number of fused-ring (bicyclic) bond motifs is 1. The number of alkyl halides is 2. The fourth-order valence-corrected chi connectivity index (χ4v) is 2.90. The van der Waals surface area contributed by atoms with Crippen LogP contribution in [-0.4, -0.2) is 45.2 Å². The van der Waals surface area contributed by atoms with Gasteiger partial charge in [-0.15, -0.1) is 0 Å². The monoisotopic (exact) mass is 264 g/mol. The highest BCUT2D eigenvalue weighted by atomic mass is 35.5. The van der Waals surface area contributed by atoms with E-state index < -0.39 is 10.5 Å². The third kappa shape index (κ3) is 1.68. The van der Waals surface area contributed by atoms with Gasteiger partial charge in [0.1, 0.15) is 5.66 Å². The maximum absolute atomic E-state index is 11.8. The van der Waals surface area contributed by atoms with E-state index in [0.717, 1.165) is 12.8 Å². The van der Waals surface area contributed by atoms with Crippen molar-refractivity contribution >= 4 is 35.0 Å². The zero-order valence-electron chi connectivity index (χ0n) is 9.08. The molecule has 4 nitrogen and oxygen atoms in total. The fraction of sp³-hybridized carbons (Fsp3) is 0.800. The van der Waals surface area contributed by atoms with Crippen LogP contribution in [0.3, 0.4) is 0 Å². The van der Waals surface area contributed by atoms with Crippen molar-refractivity contribution in [3.05, 3.63) is 0 Å². The summed E-state index contributed by atoms with van der Waals surface area (Å²) in [5, 5.41) is 0. The van der Waals surface area contributed by atoms with Crippen molar-refractivity contribution in [2.45, 2.75) is 36.7 Å². The molecule has 2 saturated heterocycles. The van der Waals surface area contributed by atoms with Gasteiger partial charge in [-0.25, -0.2) is 0 Å². The molecule has 2 fully saturated rings. The van der Waals surface area contributed by atoms with Crippen LogP contribution in [0.5, 0.6) is 0 Å². The Bertz CT molecular complexity index is 335. The summed E-state index contributed by atoms with van der Waals surface area (Å²) < 4.78 is 0. The van der Waals surface area contributed by atoms with Crippen LogP contribution in [0, 0.1) is 0 Å². The molecule has 2 amide bonds. The summed E-state index contributed by atoms with van der Waals surface area (Å²) in [5.74, 6) is -0.187. The standard InChI is InChI=1S/C10H14Cl2N2O2/c1-10-4-2-3-7(15)13(10)5-6-14(10)9(16)8(11)12/h8H,2-6H2,1H3/t10-/m1/s1. The van der Waals surface area contributed by atoms with Gasteiger partial charge in [-0.05, 0) is 19.8 Å². The van der Waals surface area contributed by atoms with Gasteiger partial charge >= 0.3 is 0 Å². The molecule has 2 heterocycles. The Labute approximate surface area is 104 Å². The summed E-state index contributed by atoms with van der Waals surface area (Å²) in [6.07, 6.45) is 2.18. The number of carbonyl (C=O) groups is 2.